The van der Waals surface area contributed by atoms with Crippen molar-refractivity contribution < 1.29 is 18.0 Å². The summed E-state index contributed by atoms with van der Waals surface area (Å²) in [4.78, 5) is 27.0. The Labute approximate surface area is 183 Å². The van der Waals surface area contributed by atoms with E-state index in [9.17, 15) is 18.0 Å². The van der Waals surface area contributed by atoms with Crippen molar-refractivity contribution in [2.24, 2.45) is 0 Å². The molecule has 1 aromatic carbocycles. The molecule has 0 aliphatic carbocycles. The molecular weight excluding hydrogens is 419 g/mol. The fourth-order valence-electron chi connectivity index (χ4n) is 3.57. The van der Waals surface area contributed by atoms with Gasteiger partial charge in [0, 0.05) is 30.4 Å². The number of aromatic nitrogens is 3. The summed E-state index contributed by atoms with van der Waals surface area (Å²) in [6.07, 6.45) is 2.29. The van der Waals surface area contributed by atoms with Gasteiger partial charge in [-0.3, -0.25) is 9.78 Å². The molecule has 0 saturated carbocycles. The van der Waals surface area contributed by atoms with Crippen LogP contribution in [0.4, 0.5) is 24.7 Å². The number of pyridine rings is 1. The van der Waals surface area contributed by atoms with Gasteiger partial charge in [-0.25, -0.2) is 23.1 Å². The highest BCUT2D eigenvalue weighted by Crippen LogP contribution is 2.38. The first kappa shape index (κ1) is 21.7. The van der Waals surface area contributed by atoms with E-state index in [1.807, 2.05) is 13.8 Å². The molecule has 0 spiro atoms. The predicted octanol–water partition coefficient (Wildman–Crippen LogP) is 4.90. The summed E-state index contributed by atoms with van der Waals surface area (Å²) in [7, 11) is 0. The number of amides is 1. The molecule has 4 rings (SSSR count). The Hall–Kier alpha value is -3.49. The Bertz CT molecular complexity index is 1130. The van der Waals surface area contributed by atoms with E-state index in [1.165, 1.54) is 35.6 Å². The Morgan fingerprint density at radius 3 is 2.53 bits per heavy atom. The number of anilines is 2. The standard InChI is InChI=1S/C23H22F3N5O/c1-14(2)18-8-7-15(11-27-18)22(32)30-20-19(16-5-3-4-6-17(16)24)28-13-29-21(20)31-10-9-23(25,26)12-31/h3-8,11,13-14H,9-10,12H2,1-2H3,(H,30,32). The van der Waals surface area contributed by atoms with Gasteiger partial charge in [-0.2, -0.15) is 0 Å². The number of halogens is 3. The van der Waals surface area contributed by atoms with Gasteiger partial charge in [-0.05, 0) is 30.2 Å². The number of carbonyl (C=O) groups excluding carboxylic acids is 1. The lowest BCUT2D eigenvalue weighted by Gasteiger charge is -2.22. The molecule has 1 aliphatic heterocycles. The molecule has 0 unspecified atom stereocenters. The molecule has 0 atom stereocenters. The Morgan fingerprint density at radius 1 is 1.12 bits per heavy atom. The topological polar surface area (TPSA) is 71.0 Å². The molecule has 9 heteroatoms. The normalized spacial score (nSPS) is 15.2. The molecule has 3 aromatic rings. The van der Waals surface area contributed by atoms with Crippen LogP contribution in [0, 0.1) is 5.82 Å². The van der Waals surface area contributed by atoms with Crippen molar-refractivity contribution in [3.8, 4) is 11.3 Å². The van der Waals surface area contributed by atoms with Gasteiger partial charge in [0.1, 0.15) is 23.5 Å². The lowest BCUT2D eigenvalue weighted by Crippen LogP contribution is -2.27. The molecule has 1 aliphatic rings. The maximum Gasteiger partial charge on any atom is 0.266 e. The van der Waals surface area contributed by atoms with Crippen LogP contribution in [-0.2, 0) is 0 Å². The second-order valence-electron chi connectivity index (χ2n) is 8.01. The zero-order valence-electron chi connectivity index (χ0n) is 17.6. The van der Waals surface area contributed by atoms with Crippen LogP contribution < -0.4 is 10.2 Å². The first-order valence-electron chi connectivity index (χ1n) is 10.2. The fourth-order valence-corrected chi connectivity index (χ4v) is 3.57. The van der Waals surface area contributed by atoms with Crippen molar-refractivity contribution in [1.82, 2.24) is 15.0 Å². The van der Waals surface area contributed by atoms with Gasteiger partial charge >= 0.3 is 0 Å². The van der Waals surface area contributed by atoms with E-state index in [-0.39, 0.29) is 47.2 Å². The number of hydrogen-bond acceptors (Lipinski definition) is 5. The number of nitrogens with one attached hydrogen (secondary N) is 1. The predicted molar refractivity (Wildman–Crippen MR) is 115 cm³/mol. The van der Waals surface area contributed by atoms with Gasteiger partial charge in [0.2, 0.25) is 0 Å². The lowest BCUT2D eigenvalue weighted by molar-refractivity contribution is 0.0257. The van der Waals surface area contributed by atoms with Crippen LogP contribution in [-0.4, -0.2) is 39.9 Å². The van der Waals surface area contributed by atoms with Crippen molar-refractivity contribution in [2.45, 2.75) is 32.1 Å². The van der Waals surface area contributed by atoms with Gasteiger partial charge in [-0.1, -0.05) is 26.0 Å². The molecule has 1 saturated heterocycles. The average molecular weight is 441 g/mol. The summed E-state index contributed by atoms with van der Waals surface area (Å²) < 4.78 is 42.3. The molecule has 1 N–H and O–H groups in total. The third-order valence-electron chi connectivity index (χ3n) is 5.30. The van der Waals surface area contributed by atoms with E-state index in [4.69, 9.17) is 0 Å². The first-order chi connectivity index (χ1) is 15.2. The van der Waals surface area contributed by atoms with E-state index in [0.29, 0.717) is 0 Å². The molecule has 2 aromatic heterocycles. The van der Waals surface area contributed by atoms with Gasteiger partial charge in [0.05, 0.1) is 12.1 Å². The number of carbonyl (C=O) groups is 1. The van der Waals surface area contributed by atoms with Gasteiger partial charge in [0.15, 0.2) is 5.82 Å². The molecular formula is C23H22F3N5O. The van der Waals surface area contributed by atoms with Crippen molar-refractivity contribution in [2.75, 3.05) is 23.3 Å². The maximum atomic E-state index is 14.6. The van der Waals surface area contributed by atoms with Gasteiger partial charge in [-0.15, -0.1) is 0 Å². The third-order valence-corrected chi connectivity index (χ3v) is 5.30. The number of alkyl halides is 2. The number of benzene rings is 1. The number of nitrogens with zero attached hydrogens (tertiary/aromatic N) is 4. The molecule has 1 amide bonds. The fraction of sp³-hybridized carbons (Fsp3) is 0.304. The minimum absolute atomic E-state index is 0.0498. The van der Waals surface area contributed by atoms with Crippen LogP contribution in [0.3, 0.4) is 0 Å². The van der Waals surface area contributed by atoms with E-state index in [1.54, 1.807) is 18.2 Å². The Balaban J connectivity index is 1.76. The largest absolute Gasteiger partial charge is 0.349 e. The van der Waals surface area contributed by atoms with Gasteiger partial charge in [0.25, 0.3) is 11.8 Å². The van der Waals surface area contributed by atoms with Crippen LogP contribution in [0.15, 0.2) is 48.9 Å². The zero-order valence-corrected chi connectivity index (χ0v) is 17.6. The van der Waals surface area contributed by atoms with E-state index in [2.05, 4.69) is 20.3 Å². The summed E-state index contributed by atoms with van der Waals surface area (Å²) in [5.41, 5.74) is 1.43. The second-order valence-corrected chi connectivity index (χ2v) is 8.01. The Kier molecular flexibility index (Phi) is 5.82. The summed E-state index contributed by atoms with van der Waals surface area (Å²) in [5, 5.41) is 2.72. The average Bonchev–Trinajstić information content (AvgIpc) is 3.14. The van der Waals surface area contributed by atoms with Gasteiger partial charge < -0.3 is 10.2 Å². The van der Waals surface area contributed by atoms with Crippen LogP contribution in [0.1, 0.15) is 42.2 Å². The van der Waals surface area contributed by atoms with Crippen LogP contribution in [0.25, 0.3) is 11.3 Å². The lowest BCUT2D eigenvalue weighted by atomic mass is 10.1. The monoisotopic (exact) mass is 441 g/mol. The first-order valence-corrected chi connectivity index (χ1v) is 10.2. The number of rotatable bonds is 5. The van der Waals surface area contributed by atoms with E-state index >= 15 is 0 Å². The van der Waals surface area contributed by atoms with Crippen LogP contribution in [0.5, 0.6) is 0 Å². The van der Waals surface area contributed by atoms with E-state index < -0.39 is 24.2 Å². The maximum absolute atomic E-state index is 14.6. The highest BCUT2D eigenvalue weighted by atomic mass is 19.3. The minimum atomic E-state index is -2.87. The van der Waals surface area contributed by atoms with Crippen LogP contribution in [0.2, 0.25) is 0 Å². The summed E-state index contributed by atoms with van der Waals surface area (Å²) in [6.45, 7) is 3.48. The smallest absolute Gasteiger partial charge is 0.266 e. The molecule has 0 radical (unpaired) electrons. The summed E-state index contributed by atoms with van der Waals surface area (Å²) in [5.74, 6) is -3.63. The number of hydrogen-bond donors (Lipinski definition) is 1. The minimum Gasteiger partial charge on any atom is -0.349 e. The molecule has 166 valence electrons. The zero-order chi connectivity index (χ0) is 22.9. The third kappa shape index (κ3) is 4.42. The summed E-state index contributed by atoms with van der Waals surface area (Å²) >= 11 is 0. The summed E-state index contributed by atoms with van der Waals surface area (Å²) in [6, 6.07) is 9.32. The quantitative estimate of drug-likeness (QED) is 0.610. The molecule has 32 heavy (non-hydrogen) atoms. The SMILES string of the molecule is CC(C)c1ccc(C(=O)Nc2c(-c3ccccc3F)ncnc2N2CCC(F)(F)C2)cn1. The van der Waals surface area contributed by atoms with Crippen molar-refractivity contribution in [3.63, 3.8) is 0 Å². The molecule has 1 fully saturated rings. The van der Waals surface area contributed by atoms with Crippen molar-refractivity contribution in [1.29, 1.82) is 0 Å². The highest BCUT2D eigenvalue weighted by Gasteiger charge is 2.40. The van der Waals surface area contributed by atoms with E-state index in [0.717, 1.165) is 5.69 Å². The van der Waals surface area contributed by atoms with Crippen molar-refractivity contribution >= 4 is 17.4 Å². The highest BCUT2D eigenvalue weighted by molar-refractivity contribution is 6.07. The second kappa shape index (κ2) is 8.57. The van der Waals surface area contributed by atoms with Crippen LogP contribution >= 0.6 is 0 Å². The Morgan fingerprint density at radius 2 is 1.91 bits per heavy atom. The van der Waals surface area contributed by atoms with Crippen molar-refractivity contribution in [3.05, 3.63) is 66.0 Å². The molecule has 3 heterocycles. The molecule has 6 nitrogen and oxygen atoms in total. The molecule has 0 bridgehead atoms.